The van der Waals surface area contributed by atoms with Crippen molar-refractivity contribution in [2.24, 2.45) is 0 Å². The molecule has 3 heterocycles. The second-order valence-corrected chi connectivity index (χ2v) is 7.12. The van der Waals surface area contributed by atoms with Crippen molar-refractivity contribution in [3.05, 3.63) is 58.9 Å². The van der Waals surface area contributed by atoms with Crippen LogP contribution in [-0.2, 0) is 17.8 Å². The number of piperidine rings is 1. The van der Waals surface area contributed by atoms with E-state index >= 15 is 0 Å². The molecule has 1 saturated heterocycles. The number of aromatic nitrogens is 4. The van der Waals surface area contributed by atoms with Crippen molar-refractivity contribution in [1.29, 1.82) is 0 Å². The van der Waals surface area contributed by atoms with Crippen molar-refractivity contribution in [2.45, 2.75) is 38.8 Å². The van der Waals surface area contributed by atoms with Gasteiger partial charge in [0.05, 0.1) is 17.2 Å². The molecule has 0 aliphatic carbocycles. The van der Waals surface area contributed by atoms with Gasteiger partial charge in [-0.2, -0.15) is 0 Å². The van der Waals surface area contributed by atoms with E-state index in [0.717, 1.165) is 12.0 Å². The highest BCUT2D eigenvalue weighted by Gasteiger charge is 2.25. The largest absolute Gasteiger partial charge is 0.460 e. The molecule has 1 amide bonds. The van der Waals surface area contributed by atoms with Crippen LogP contribution in [-0.4, -0.2) is 49.5 Å². The lowest BCUT2D eigenvalue weighted by atomic mass is 10.1. The van der Waals surface area contributed by atoms with Crippen LogP contribution in [0.2, 0.25) is 0 Å². The van der Waals surface area contributed by atoms with E-state index in [2.05, 4.69) is 15.0 Å². The van der Waals surface area contributed by atoms with E-state index in [1.807, 2.05) is 13.0 Å². The summed E-state index contributed by atoms with van der Waals surface area (Å²) in [5.74, 6) is -0.0915. The van der Waals surface area contributed by atoms with Crippen LogP contribution in [0.3, 0.4) is 0 Å². The van der Waals surface area contributed by atoms with Gasteiger partial charge in [0.15, 0.2) is 0 Å². The maximum Gasteiger partial charge on any atom is 0.316 e. The van der Waals surface area contributed by atoms with E-state index in [1.165, 1.54) is 10.9 Å². The molecule has 0 radical (unpaired) electrons. The van der Waals surface area contributed by atoms with Gasteiger partial charge in [0.2, 0.25) is 5.91 Å². The maximum atomic E-state index is 12.7. The minimum absolute atomic E-state index is 0.0101. The molecule has 8 nitrogen and oxygen atoms in total. The molecular weight excluding hydrogens is 370 g/mol. The number of likely N-dealkylation sites (tertiary alicyclic amines) is 1. The van der Waals surface area contributed by atoms with Crippen LogP contribution >= 0.6 is 0 Å². The van der Waals surface area contributed by atoms with E-state index in [4.69, 9.17) is 4.74 Å². The molecule has 0 spiro atoms. The zero-order valence-corrected chi connectivity index (χ0v) is 16.3. The highest BCUT2D eigenvalue weighted by atomic mass is 16.5. The number of nitrogens with zero attached hydrogens (tertiary/aromatic N) is 5. The van der Waals surface area contributed by atoms with Crippen LogP contribution in [0.4, 0.5) is 0 Å². The van der Waals surface area contributed by atoms with E-state index in [-0.39, 0.29) is 24.1 Å². The van der Waals surface area contributed by atoms with Gasteiger partial charge in [-0.3, -0.25) is 14.2 Å². The lowest BCUT2D eigenvalue weighted by molar-refractivity contribution is -0.133. The normalized spacial score (nSPS) is 14.9. The van der Waals surface area contributed by atoms with Crippen LogP contribution in [0.15, 0.2) is 47.8 Å². The van der Waals surface area contributed by atoms with Gasteiger partial charge < -0.3 is 9.64 Å². The Bertz CT molecular complexity index is 1060. The van der Waals surface area contributed by atoms with Crippen molar-refractivity contribution < 1.29 is 9.53 Å². The van der Waals surface area contributed by atoms with Crippen molar-refractivity contribution >= 4 is 16.8 Å². The van der Waals surface area contributed by atoms with Crippen LogP contribution in [0.5, 0.6) is 6.01 Å². The Morgan fingerprint density at radius 1 is 1.14 bits per heavy atom. The minimum Gasteiger partial charge on any atom is -0.460 e. The molecule has 29 heavy (non-hydrogen) atoms. The number of hydrogen-bond acceptors (Lipinski definition) is 6. The molecule has 0 unspecified atom stereocenters. The van der Waals surface area contributed by atoms with Gasteiger partial charge in [-0.25, -0.2) is 15.0 Å². The molecule has 150 valence electrons. The molecule has 2 aromatic heterocycles. The van der Waals surface area contributed by atoms with Crippen molar-refractivity contribution in [1.82, 2.24) is 24.4 Å². The van der Waals surface area contributed by atoms with Gasteiger partial charge in [-0.1, -0.05) is 19.1 Å². The Labute approximate surface area is 168 Å². The van der Waals surface area contributed by atoms with Gasteiger partial charge in [0.1, 0.15) is 12.6 Å². The summed E-state index contributed by atoms with van der Waals surface area (Å²) >= 11 is 0. The van der Waals surface area contributed by atoms with Crippen LogP contribution in [0.25, 0.3) is 10.9 Å². The first-order valence-electron chi connectivity index (χ1n) is 9.83. The predicted octanol–water partition coefficient (Wildman–Crippen LogP) is 1.82. The van der Waals surface area contributed by atoms with E-state index < -0.39 is 0 Å². The fourth-order valence-corrected chi connectivity index (χ4v) is 3.42. The van der Waals surface area contributed by atoms with Gasteiger partial charge >= 0.3 is 6.01 Å². The molecule has 4 rings (SSSR count). The Morgan fingerprint density at radius 3 is 2.59 bits per heavy atom. The molecule has 0 saturated carbocycles. The summed E-state index contributed by atoms with van der Waals surface area (Å²) in [6.45, 7) is 3.19. The van der Waals surface area contributed by atoms with Crippen LogP contribution < -0.4 is 10.3 Å². The number of fused-ring (bicyclic) bond motifs is 1. The molecule has 1 aliphatic heterocycles. The third-order valence-electron chi connectivity index (χ3n) is 5.19. The summed E-state index contributed by atoms with van der Waals surface area (Å²) in [5, 5.41) is 0.518. The highest BCUT2D eigenvalue weighted by molar-refractivity contribution is 5.79. The fraction of sp³-hybridized carbons (Fsp3) is 0.381. The third-order valence-corrected chi connectivity index (χ3v) is 5.19. The summed E-state index contributed by atoms with van der Waals surface area (Å²) in [7, 11) is 0. The topological polar surface area (TPSA) is 90.2 Å². The number of hydrogen-bond donors (Lipinski definition) is 0. The maximum absolute atomic E-state index is 12.7. The summed E-state index contributed by atoms with van der Waals surface area (Å²) < 4.78 is 7.21. The minimum atomic E-state index is -0.199. The van der Waals surface area contributed by atoms with Crippen molar-refractivity contribution in [3.63, 3.8) is 0 Å². The Kier molecular flexibility index (Phi) is 5.50. The molecule has 1 aliphatic rings. The van der Waals surface area contributed by atoms with Crippen molar-refractivity contribution in [2.75, 3.05) is 13.1 Å². The number of carbonyl (C=O) groups is 1. The number of amides is 1. The molecule has 0 atom stereocenters. The third kappa shape index (κ3) is 4.26. The molecule has 1 fully saturated rings. The number of ether oxygens (including phenoxy) is 1. The van der Waals surface area contributed by atoms with E-state index in [1.54, 1.807) is 35.5 Å². The lowest BCUT2D eigenvalue weighted by Gasteiger charge is -2.31. The van der Waals surface area contributed by atoms with Crippen LogP contribution in [0, 0.1) is 0 Å². The Morgan fingerprint density at radius 2 is 1.86 bits per heavy atom. The number of rotatable bonds is 5. The van der Waals surface area contributed by atoms with Gasteiger partial charge in [-0.05, 0) is 24.1 Å². The number of para-hydroxylation sites is 1. The molecule has 8 heteroatoms. The molecular formula is C21H23N5O3. The van der Waals surface area contributed by atoms with E-state index in [9.17, 15) is 9.59 Å². The van der Waals surface area contributed by atoms with Gasteiger partial charge in [-0.15, -0.1) is 0 Å². The average molecular weight is 393 g/mol. The van der Waals surface area contributed by atoms with Gasteiger partial charge in [0, 0.05) is 38.3 Å². The quantitative estimate of drug-likeness (QED) is 0.657. The fourth-order valence-electron chi connectivity index (χ4n) is 3.42. The van der Waals surface area contributed by atoms with Crippen molar-refractivity contribution in [3.8, 4) is 6.01 Å². The Hall–Kier alpha value is -3.29. The molecule has 3 aromatic rings. The Balaban J connectivity index is 1.34. The summed E-state index contributed by atoms with van der Waals surface area (Å²) in [6.07, 6.45) is 7.26. The van der Waals surface area contributed by atoms with E-state index in [0.29, 0.717) is 42.8 Å². The number of benzene rings is 1. The first kappa shape index (κ1) is 19.0. The summed E-state index contributed by atoms with van der Waals surface area (Å²) in [6, 6.07) is 7.51. The first-order chi connectivity index (χ1) is 14.1. The first-order valence-corrected chi connectivity index (χ1v) is 9.83. The molecule has 0 bridgehead atoms. The zero-order chi connectivity index (χ0) is 20.2. The number of aryl methyl sites for hydroxylation is 1. The monoisotopic (exact) mass is 393 g/mol. The standard InChI is InChI=1S/C21H23N5O3/c1-2-15-11-22-21(23-12-15)29-16-7-9-25(10-8-16)19(27)13-26-14-24-18-6-4-3-5-17(18)20(26)28/h3-6,11-12,14,16H,2,7-10,13H2,1H3. The van der Waals surface area contributed by atoms with Crippen LogP contribution in [0.1, 0.15) is 25.3 Å². The zero-order valence-electron chi connectivity index (χ0n) is 16.3. The lowest BCUT2D eigenvalue weighted by Crippen LogP contribution is -2.44. The smallest absolute Gasteiger partial charge is 0.316 e. The SMILES string of the molecule is CCc1cnc(OC2CCN(C(=O)Cn3cnc4ccccc4c3=O)CC2)nc1. The summed E-state index contributed by atoms with van der Waals surface area (Å²) in [5.41, 5.74) is 1.50. The predicted molar refractivity (Wildman–Crippen MR) is 108 cm³/mol. The summed E-state index contributed by atoms with van der Waals surface area (Å²) in [4.78, 5) is 39.7. The highest BCUT2D eigenvalue weighted by Crippen LogP contribution is 2.16. The van der Waals surface area contributed by atoms with Gasteiger partial charge in [0.25, 0.3) is 5.56 Å². The second-order valence-electron chi connectivity index (χ2n) is 7.12. The second kappa shape index (κ2) is 8.38. The average Bonchev–Trinajstić information content (AvgIpc) is 2.77. The molecule has 0 N–H and O–H groups in total. The number of carbonyl (C=O) groups excluding carboxylic acids is 1. The molecule has 1 aromatic carbocycles.